The number of halogens is 1. The van der Waals surface area contributed by atoms with Gasteiger partial charge in [0.25, 0.3) is 0 Å². The van der Waals surface area contributed by atoms with Gasteiger partial charge < -0.3 is 5.32 Å². The molecule has 2 nitrogen and oxygen atoms in total. The zero-order valence-corrected chi connectivity index (χ0v) is 11.5. The molecule has 0 aliphatic heterocycles. The minimum absolute atomic E-state index is 0.521. The van der Waals surface area contributed by atoms with Crippen LogP contribution in [0.5, 0.6) is 0 Å². The summed E-state index contributed by atoms with van der Waals surface area (Å²) in [6, 6.07) is 2.80. The van der Waals surface area contributed by atoms with Gasteiger partial charge in [0.05, 0.1) is 0 Å². The van der Waals surface area contributed by atoms with Crippen LogP contribution in [0.15, 0.2) is 22.9 Å². The SMILES string of the molecule is CC1(C)CCC(NCc2cncc(Br)c2)C1. The van der Waals surface area contributed by atoms with Crippen LogP contribution >= 0.6 is 15.9 Å². The highest BCUT2D eigenvalue weighted by Gasteiger charge is 2.30. The molecule has 3 heteroatoms. The van der Waals surface area contributed by atoms with E-state index in [1.54, 1.807) is 0 Å². The van der Waals surface area contributed by atoms with Crippen molar-refractivity contribution in [1.82, 2.24) is 10.3 Å². The molecule has 1 atom stereocenters. The smallest absolute Gasteiger partial charge is 0.0410 e. The monoisotopic (exact) mass is 282 g/mol. The average Bonchev–Trinajstić information content (AvgIpc) is 2.56. The molecule has 0 amide bonds. The van der Waals surface area contributed by atoms with Gasteiger partial charge in [0.15, 0.2) is 0 Å². The summed E-state index contributed by atoms with van der Waals surface area (Å²) in [5, 5.41) is 3.62. The standard InChI is InChI=1S/C13H19BrN2/c1-13(2)4-3-12(6-13)16-8-10-5-11(14)9-15-7-10/h5,7,9,12,16H,3-4,6,8H2,1-2H3. The molecule has 0 aromatic carbocycles. The highest BCUT2D eigenvalue weighted by molar-refractivity contribution is 9.10. The first-order chi connectivity index (χ1) is 7.55. The van der Waals surface area contributed by atoms with E-state index in [2.05, 4.69) is 46.1 Å². The number of pyridine rings is 1. The third kappa shape index (κ3) is 3.29. The van der Waals surface area contributed by atoms with E-state index >= 15 is 0 Å². The Kier molecular flexibility index (Phi) is 3.65. The van der Waals surface area contributed by atoms with Crippen molar-refractivity contribution < 1.29 is 0 Å². The Hall–Kier alpha value is -0.410. The predicted molar refractivity (Wildman–Crippen MR) is 70.2 cm³/mol. The molecular weight excluding hydrogens is 264 g/mol. The number of hydrogen-bond acceptors (Lipinski definition) is 2. The lowest BCUT2D eigenvalue weighted by atomic mass is 9.92. The third-order valence-corrected chi connectivity index (χ3v) is 3.76. The van der Waals surface area contributed by atoms with Gasteiger partial charge in [-0.05, 0) is 52.2 Å². The zero-order valence-electron chi connectivity index (χ0n) is 9.96. The summed E-state index contributed by atoms with van der Waals surface area (Å²) in [6.07, 6.45) is 7.67. The molecule has 1 saturated carbocycles. The topological polar surface area (TPSA) is 24.9 Å². The highest BCUT2D eigenvalue weighted by atomic mass is 79.9. The molecule has 1 N–H and O–H groups in total. The van der Waals surface area contributed by atoms with Gasteiger partial charge in [-0.15, -0.1) is 0 Å². The summed E-state index contributed by atoms with van der Waals surface area (Å²) in [5.41, 5.74) is 1.77. The Morgan fingerprint density at radius 3 is 2.94 bits per heavy atom. The molecule has 0 radical (unpaired) electrons. The molecule has 1 unspecified atom stereocenters. The van der Waals surface area contributed by atoms with Crippen molar-refractivity contribution in [2.75, 3.05) is 0 Å². The van der Waals surface area contributed by atoms with E-state index in [1.165, 1.54) is 24.8 Å². The molecule has 1 aromatic rings. The first-order valence-electron chi connectivity index (χ1n) is 5.88. The zero-order chi connectivity index (χ0) is 11.6. The van der Waals surface area contributed by atoms with Crippen LogP contribution in [0.25, 0.3) is 0 Å². The lowest BCUT2D eigenvalue weighted by Gasteiger charge is -2.17. The number of nitrogens with one attached hydrogen (secondary N) is 1. The molecule has 1 fully saturated rings. The fraction of sp³-hybridized carbons (Fsp3) is 0.615. The first kappa shape index (κ1) is 12.1. The molecule has 2 rings (SSSR count). The number of rotatable bonds is 3. The second-order valence-corrected chi connectivity index (χ2v) is 6.41. The quantitative estimate of drug-likeness (QED) is 0.918. The van der Waals surface area contributed by atoms with Gasteiger partial charge in [-0.3, -0.25) is 4.98 Å². The molecule has 1 aromatic heterocycles. The van der Waals surface area contributed by atoms with E-state index in [0.29, 0.717) is 11.5 Å². The Balaban J connectivity index is 1.84. The van der Waals surface area contributed by atoms with Crippen LogP contribution < -0.4 is 5.32 Å². The highest BCUT2D eigenvalue weighted by Crippen LogP contribution is 2.36. The van der Waals surface area contributed by atoms with Crippen molar-refractivity contribution in [3.8, 4) is 0 Å². The summed E-state index contributed by atoms with van der Waals surface area (Å²) >= 11 is 3.44. The number of aromatic nitrogens is 1. The lowest BCUT2D eigenvalue weighted by molar-refractivity contribution is 0.364. The minimum atomic E-state index is 0.521. The van der Waals surface area contributed by atoms with E-state index in [0.717, 1.165) is 11.0 Å². The van der Waals surface area contributed by atoms with Crippen molar-refractivity contribution in [1.29, 1.82) is 0 Å². The van der Waals surface area contributed by atoms with Crippen LogP contribution in [0.1, 0.15) is 38.7 Å². The normalized spacial score (nSPS) is 23.6. The fourth-order valence-electron chi connectivity index (χ4n) is 2.43. The summed E-state index contributed by atoms with van der Waals surface area (Å²) in [5.74, 6) is 0. The Bertz CT molecular complexity index is 363. The van der Waals surface area contributed by atoms with Gasteiger partial charge >= 0.3 is 0 Å². The van der Waals surface area contributed by atoms with E-state index in [4.69, 9.17) is 0 Å². The fourth-order valence-corrected chi connectivity index (χ4v) is 2.84. The van der Waals surface area contributed by atoms with Gasteiger partial charge in [0.2, 0.25) is 0 Å². The van der Waals surface area contributed by atoms with Gasteiger partial charge in [-0.2, -0.15) is 0 Å². The van der Waals surface area contributed by atoms with Crippen LogP contribution in [-0.4, -0.2) is 11.0 Å². The van der Waals surface area contributed by atoms with Crippen molar-refractivity contribution >= 4 is 15.9 Å². The maximum absolute atomic E-state index is 4.17. The maximum atomic E-state index is 4.17. The number of hydrogen-bond donors (Lipinski definition) is 1. The van der Waals surface area contributed by atoms with Crippen molar-refractivity contribution in [3.05, 3.63) is 28.5 Å². The molecule has 1 aliphatic carbocycles. The summed E-state index contributed by atoms with van der Waals surface area (Å²) < 4.78 is 1.05. The van der Waals surface area contributed by atoms with Crippen LogP contribution in [0, 0.1) is 5.41 Å². The lowest BCUT2D eigenvalue weighted by Crippen LogP contribution is -2.26. The van der Waals surface area contributed by atoms with E-state index in [-0.39, 0.29) is 0 Å². The van der Waals surface area contributed by atoms with E-state index in [9.17, 15) is 0 Å². The molecule has 16 heavy (non-hydrogen) atoms. The molecule has 88 valence electrons. The summed E-state index contributed by atoms with van der Waals surface area (Å²) in [7, 11) is 0. The predicted octanol–water partition coefficient (Wildman–Crippen LogP) is 3.51. The van der Waals surface area contributed by atoms with Gasteiger partial charge in [0, 0.05) is 29.5 Å². The van der Waals surface area contributed by atoms with Gasteiger partial charge in [-0.1, -0.05) is 13.8 Å². The largest absolute Gasteiger partial charge is 0.310 e. The Morgan fingerprint density at radius 2 is 2.31 bits per heavy atom. The van der Waals surface area contributed by atoms with Gasteiger partial charge in [-0.25, -0.2) is 0 Å². The molecule has 0 saturated heterocycles. The molecule has 1 aliphatic rings. The third-order valence-electron chi connectivity index (χ3n) is 3.32. The first-order valence-corrected chi connectivity index (χ1v) is 6.67. The van der Waals surface area contributed by atoms with E-state index in [1.807, 2.05) is 12.4 Å². The second-order valence-electron chi connectivity index (χ2n) is 5.50. The van der Waals surface area contributed by atoms with Crippen LogP contribution in [0.2, 0.25) is 0 Å². The van der Waals surface area contributed by atoms with E-state index < -0.39 is 0 Å². The van der Waals surface area contributed by atoms with Crippen LogP contribution in [0.3, 0.4) is 0 Å². The van der Waals surface area contributed by atoms with Crippen LogP contribution in [-0.2, 0) is 6.54 Å². The number of nitrogens with zero attached hydrogens (tertiary/aromatic N) is 1. The summed E-state index contributed by atoms with van der Waals surface area (Å²) in [6.45, 7) is 5.64. The van der Waals surface area contributed by atoms with Crippen molar-refractivity contribution in [2.24, 2.45) is 5.41 Å². The average molecular weight is 283 g/mol. The van der Waals surface area contributed by atoms with Crippen molar-refractivity contribution in [2.45, 2.75) is 45.7 Å². The molecule has 0 spiro atoms. The molecular formula is C13H19BrN2. The molecule has 1 heterocycles. The van der Waals surface area contributed by atoms with Crippen molar-refractivity contribution in [3.63, 3.8) is 0 Å². The second kappa shape index (κ2) is 4.84. The van der Waals surface area contributed by atoms with Gasteiger partial charge in [0.1, 0.15) is 0 Å². The van der Waals surface area contributed by atoms with Crippen LogP contribution in [0.4, 0.5) is 0 Å². The Labute approximate surface area is 106 Å². The Morgan fingerprint density at radius 1 is 1.50 bits per heavy atom. The maximum Gasteiger partial charge on any atom is 0.0410 e. The summed E-state index contributed by atoms with van der Waals surface area (Å²) in [4.78, 5) is 4.17. The minimum Gasteiger partial charge on any atom is -0.310 e. The molecule has 0 bridgehead atoms.